The van der Waals surface area contributed by atoms with E-state index in [2.05, 4.69) is 9.46 Å². The summed E-state index contributed by atoms with van der Waals surface area (Å²) in [6.07, 6.45) is -1.57. The fourth-order valence-corrected chi connectivity index (χ4v) is 2.16. The lowest BCUT2D eigenvalue weighted by Crippen LogP contribution is -2.37. The molecule has 7 nitrogen and oxygen atoms in total. The van der Waals surface area contributed by atoms with E-state index in [0.29, 0.717) is 0 Å². The van der Waals surface area contributed by atoms with Gasteiger partial charge in [0.25, 0.3) is 0 Å². The highest BCUT2D eigenvalue weighted by Crippen LogP contribution is 2.17. The van der Waals surface area contributed by atoms with Crippen LogP contribution in [0.3, 0.4) is 0 Å². The molecule has 0 bridgehead atoms. The van der Waals surface area contributed by atoms with Crippen LogP contribution in [0.4, 0.5) is 14.9 Å². The van der Waals surface area contributed by atoms with E-state index in [4.69, 9.17) is 5.73 Å². The number of hydrogen-bond donors (Lipinski definition) is 3. The van der Waals surface area contributed by atoms with Gasteiger partial charge < -0.3 is 10.5 Å². The van der Waals surface area contributed by atoms with Gasteiger partial charge in [-0.25, -0.2) is 13.9 Å². The number of ether oxygens (including phenoxy) is 1. The van der Waals surface area contributed by atoms with Crippen molar-refractivity contribution < 1.29 is 22.3 Å². The standard InChI is InChI=1S/C11H16FN3O4S/c1-7(2)19-11(16)15-20(17,18)14-10-4-3-9(12)5-8(10)6-13/h3-5,7,14H,6,13H2,1-2H3,(H,15,16). The number of nitrogens with two attached hydrogens (primary N) is 1. The average Bonchev–Trinajstić information content (AvgIpc) is 2.29. The van der Waals surface area contributed by atoms with Crippen LogP contribution in [0, 0.1) is 5.82 Å². The highest BCUT2D eigenvalue weighted by atomic mass is 32.2. The number of hydrogen-bond acceptors (Lipinski definition) is 5. The largest absolute Gasteiger partial charge is 0.446 e. The summed E-state index contributed by atoms with van der Waals surface area (Å²) in [6, 6.07) is 3.39. The third kappa shape index (κ3) is 5.02. The van der Waals surface area contributed by atoms with Gasteiger partial charge in [0.05, 0.1) is 11.8 Å². The molecule has 0 fully saturated rings. The molecule has 1 amide bonds. The van der Waals surface area contributed by atoms with E-state index in [1.165, 1.54) is 6.07 Å². The van der Waals surface area contributed by atoms with Crippen LogP contribution in [-0.2, 0) is 21.5 Å². The summed E-state index contributed by atoms with van der Waals surface area (Å²) in [6.45, 7) is 3.09. The van der Waals surface area contributed by atoms with Gasteiger partial charge in [-0.2, -0.15) is 8.42 Å². The lowest BCUT2D eigenvalue weighted by Gasteiger charge is -2.13. The van der Waals surface area contributed by atoms with Gasteiger partial charge in [-0.05, 0) is 37.6 Å². The molecular formula is C11H16FN3O4S. The predicted octanol–water partition coefficient (Wildman–Crippen LogP) is 1.08. The Kier molecular flexibility index (Phi) is 5.28. The van der Waals surface area contributed by atoms with E-state index >= 15 is 0 Å². The molecule has 1 rings (SSSR count). The molecule has 0 saturated heterocycles. The van der Waals surface area contributed by atoms with Gasteiger partial charge in [-0.15, -0.1) is 0 Å². The Hall–Kier alpha value is -1.87. The topological polar surface area (TPSA) is 111 Å². The van der Waals surface area contributed by atoms with Gasteiger partial charge >= 0.3 is 16.3 Å². The first-order valence-corrected chi connectivity index (χ1v) is 7.21. The summed E-state index contributed by atoms with van der Waals surface area (Å²) in [7, 11) is -4.18. The molecule has 9 heteroatoms. The number of benzene rings is 1. The maximum atomic E-state index is 13.0. The lowest BCUT2D eigenvalue weighted by atomic mass is 10.2. The van der Waals surface area contributed by atoms with Crippen LogP contribution in [0.5, 0.6) is 0 Å². The summed E-state index contributed by atoms with van der Waals surface area (Å²) in [5, 5.41) is 0. The lowest BCUT2D eigenvalue weighted by molar-refractivity contribution is 0.121. The fourth-order valence-electron chi connectivity index (χ4n) is 1.35. The van der Waals surface area contributed by atoms with Gasteiger partial charge in [0.2, 0.25) is 0 Å². The van der Waals surface area contributed by atoms with Crippen LogP contribution in [0.2, 0.25) is 0 Å². The highest BCUT2D eigenvalue weighted by molar-refractivity contribution is 7.91. The van der Waals surface area contributed by atoms with E-state index in [-0.39, 0.29) is 17.8 Å². The first kappa shape index (κ1) is 16.2. The number of carbonyl (C=O) groups is 1. The van der Waals surface area contributed by atoms with E-state index in [9.17, 15) is 17.6 Å². The molecule has 4 N–H and O–H groups in total. The number of nitrogens with one attached hydrogen (secondary N) is 2. The molecule has 112 valence electrons. The third-order valence-corrected chi connectivity index (χ3v) is 3.02. The summed E-state index contributed by atoms with van der Waals surface area (Å²) in [4.78, 5) is 11.2. The summed E-state index contributed by atoms with van der Waals surface area (Å²) < 4.78 is 44.8. The van der Waals surface area contributed by atoms with Crippen molar-refractivity contribution in [2.75, 3.05) is 4.72 Å². The highest BCUT2D eigenvalue weighted by Gasteiger charge is 2.17. The van der Waals surface area contributed by atoms with Crippen molar-refractivity contribution in [1.82, 2.24) is 4.72 Å². The molecule has 0 aliphatic rings. The van der Waals surface area contributed by atoms with Crippen molar-refractivity contribution in [2.45, 2.75) is 26.5 Å². The summed E-state index contributed by atoms with van der Waals surface area (Å²) in [5.74, 6) is -0.541. The number of halogens is 1. The number of rotatable bonds is 5. The van der Waals surface area contributed by atoms with Crippen LogP contribution >= 0.6 is 0 Å². The van der Waals surface area contributed by atoms with Crippen LogP contribution in [0.1, 0.15) is 19.4 Å². The number of carbonyl (C=O) groups excluding carboxylic acids is 1. The Morgan fingerprint density at radius 2 is 2.10 bits per heavy atom. The Bertz CT molecular complexity index is 589. The molecule has 20 heavy (non-hydrogen) atoms. The zero-order chi connectivity index (χ0) is 15.3. The molecule has 0 saturated carbocycles. The first-order chi connectivity index (χ1) is 9.23. The Morgan fingerprint density at radius 1 is 1.45 bits per heavy atom. The van der Waals surface area contributed by atoms with E-state index in [1.807, 2.05) is 0 Å². The van der Waals surface area contributed by atoms with Gasteiger partial charge in [0.15, 0.2) is 0 Å². The van der Waals surface area contributed by atoms with Gasteiger partial charge in [0, 0.05) is 6.54 Å². The maximum absolute atomic E-state index is 13.0. The zero-order valence-corrected chi connectivity index (χ0v) is 11.8. The van der Waals surface area contributed by atoms with Crippen molar-refractivity contribution in [2.24, 2.45) is 5.73 Å². The molecule has 0 aromatic heterocycles. The first-order valence-electron chi connectivity index (χ1n) is 5.73. The normalized spacial score (nSPS) is 11.2. The smallest absolute Gasteiger partial charge is 0.422 e. The van der Waals surface area contributed by atoms with Crippen molar-refractivity contribution in [3.05, 3.63) is 29.6 Å². The molecule has 0 aliphatic heterocycles. The quantitative estimate of drug-likeness (QED) is 0.753. The molecular weight excluding hydrogens is 289 g/mol. The van der Waals surface area contributed by atoms with Crippen molar-refractivity contribution >= 4 is 22.0 Å². The molecule has 1 aromatic rings. The second-order valence-corrected chi connectivity index (χ2v) is 5.58. The summed E-state index contributed by atoms with van der Waals surface area (Å²) >= 11 is 0. The van der Waals surface area contributed by atoms with Crippen LogP contribution in [-0.4, -0.2) is 20.6 Å². The van der Waals surface area contributed by atoms with Gasteiger partial charge in [0.1, 0.15) is 5.82 Å². The zero-order valence-electron chi connectivity index (χ0n) is 11.0. The maximum Gasteiger partial charge on any atom is 0.422 e. The second kappa shape index (κ2) is 6.53. The molecule has 0 unspecified atom stereocenters. The van der Waals surface area contributed by atoms with E-state index < -0.39 is 28.2 Å². The molecule has 1 aromatic carbocycles. The predicted molar refractivity (Wildman–Crippen MR) is 71.6 cm³/mol. The van der Waals surface area contributed by atoms with Gasteiger partial charge in [-0.1, -0.05) is 0 Å². The molecule has 0 radical (unpaired) electrons. The monoisotopic (exact) mass is 305 g/mol. The average molecular weight is 305 g/mol. The van der Waals surface area contributed by atoms with E-state index in [1.54, 1.807) is 18.6 Å². The minimum atomic E-state index is -4.18. The Labute approximate surface area is 116 Å². The SMILES string of the molecule is CC(C)OC(=O)NS(=O)(=O)Nc1ccc(F)cc1CN. The van der Waals surface area contributed by atoms with Gasteiger partial charge in [-0.3, -0.25) is 4.72 Å². The molecule has 0 spiro atoms. The third-order valence-electron chi connectivity index (χ3n) is 2.09. The van der Waals surface area contributed by atoms with Crippen LogP contribution in [0.25, 0.3) is 0 Å². The second-order valence-electron chi connectivity index (χ2n) is 4.17. The fraction of sp³-hybridized carbons (Fsp3) is 0.364. The summed E-state index contributed by atoms with van der Waals surface area (Å²) in [5.41, 5.74) is 5.73. The van der Waals surface area contributed by atoms with Crippen molar-refractivity contribution in [3.8, 4) is 0 Å². The number of anilines is 1. The Morgan fingerprint density at radius 3 is 2.65 bits per heavy atom. The molecule has 0 aliphatic carbocycles. The van der Waals surface area contributed by atoms with Crippen molar-refractivity contribution in [1.29, 1.82) is 0 Å². The van der Waals surface area contributed by atoms with Crippen LogP contribution in [0.15, 0.2) is 18.2 Å². The van der Waals surface area contributed by atoms with Crippen LogP contribution < -0.4 is 15.2 Å². The van der Waals surface area contributed by atoms with Crippen molar-refractivity contribution in [3.63, 3.8) is 0 Å². The molecule has 0 atom stereocenters. The minimum Gasteiger partial charge on any atom is -0.446 e. The minimum absolute atomic E-state index is 0.0634. The Balaban J connectivity index is 2.83. The number of amides is 1. The molecule has 0 heterocycles. The van der Waals surface area contributed by atoms with E-state index in [0.717, 1.165) is 12.1 Å².